The fourth-order valence-electron chi connectivity index (χ4n) is 1.55. The Morgan fingerprint density at radius 2 is 2.00 bits per heavy atom. The smallest absolute Gasteiger partial charge is 0.215 e. The van der Waals surface area contributed by atoms with Gasteiger partial charge in [0.25, 0.3) is 0 Å². The lowest BCUT2D eigenvalue weighted by Crippen LogP contribution is -2.38. The quantitative estimate of drug-likeness (QED) is 0.724. The molecule has 0 saturated carbocycles. The molecule has 0 spiro atoms. The van der Waals surface area contributed by atoms with Crippen LogP contribution in [0.1, 0.15) is 25.8 Å². The molecule has 0 aliphatic heterocycles. The minimum absolute atomic E-state index is 0.222. The van der Waals surface area contributed by atoms with Gasteiger partial charge in [0.15, 0.2) is 0 Å². The number of benzene rings is 1. The number of nitrogens with one attached hydrogen (secondary N) is 2. The fourth-order valence-corrected chi connectivity index (χ4v) is 2.74. The highest BCUT2D eigenvalue weighted by molar-refractivity contribution is 7.90. The summed E-state index contributed by atoms with van der Waals surface area (Å²) in [4.78, 5) is 0. The van der Waals surface area contributed by atoms with E-state index in [1.165, 1.54) is 0 Å². The molecule has 0 aromatic heterocycles. The van der Waals surface area contributed by atoms with E-state index in [2.05, 4.69) is 10.0 Å². The van der Waals surface area contributed by atoms with Gasteiger partial charge in [0.1, 0.15) is 0 Å². The molecule has 6 heteroatoms. The van der Waals surface area contributed by atoms with E-state index in [9.17, 15) is 8.42 Å². The van der Waals surface area contributed by atoms with Crippen molar-refractivity contribution in [1.82, 2.24) is 10.0 Å². The van der Waals surface area contributed by atoms with Gasteiger partial charge in [-0.3, -0.25) is 0 Å². The van der Waals surface area contributed by atoms with E-state index >= 15 is 0 Å². The van der Waals surface area contributed by atoms with Gasteiger partial charge in [0, 0.05) is 18.1 Å². The van der Waals surface area contributed by atoms with Crippen LogP contribution in [0.4, 0.5) is 0 Å². The van der Waals surface area contributed by atoms with E-state index in [0.29, 0.717) is 11.6 Å². The summed E-state index contributed by atoms with van der Waals surface area (Å²) in [7, 11) is -3.33. The molecule has 0 amide bonds. The second-order valence-electron chi connectivity index (χ2n) is 4.47. The summed E-state index contributed by atoms with van der Waals surface area (Å²) in [5.41, 5.74) is 0.779. The third-order valence-corrected chi connectivity index (χ3v) is 4.95. The van der Waals surface area contributed by atoms with Crippen molar-refractivity contribution in [2.45, 2.75) is 32.1 Å². The minimum atomic E-state index is -3.33. The summed E-state index contributed by atoms with van der Waals surface area (Å²) in [6, 6.07) is 7.21. The molecule has 19 heavy (non-hydrogen) atoms. The Kier molecular flexibility index (Phi) is 6.79. The molecule has 1 aromatic carbocycles. The topological polar surface area (TPSA) is 58.2 Å². The van der Waals surface area contributed by atoms with Crippen molar-refractivity contribution in [2.75, 3.05) is 13.1 Å². The average Bonchev–Trinajstić information content (AvgIpc) is 2.38. The van der Waals surface area contributed by atoms with Crippen molar-refractivity contribution in [3.05, 3.63) is 34.9 Å². The fraction of sp³-hybridized carbons (Fsp3) is 0.538. The molecular weight excluding hydrogens is 284 g/mol. The van der Waals surface area contributed by atoms with E-state index in [-0.39, 0.29) is 6.54 Å². The molecule has 1 rings (SSSR count). The van der Waals surface area contributed by atoms with Gasteiger partial charge >= 0.3 is 0 Å². The van der Waals surface area contributed by atoms with Gasteiger partial charge in [-0.05, 0) is 31.5 Å². The van der Waals surface area contributed by atoms with Crippen molar-refractivity contribution in [2.24, 2.45) is 0 Å². The van der Waals surface area contributed by atoms with Crippen molar-refractivity contribution in [3.63, 3.8) is 0 Å². The number of rotatable bonds is 8. The van der Waals surface area contributed by atoms with Crippen LogP contribution in [0.25, 0.3) is 0 Å². The first kappa shape index (κ1) is 16.4. The lowest BCUT2D eigenvalue weighted by molar-refractivity contribution is 0.557. The Morgan fingerprint density at radius 3 is 2.63 bits per heavy atom. The van der Waals surface area contributed by atoms with E-state index in [1.807, 2.05) is 25.1 Å². The van der Waals surface area contributed by atoms with Crippen LogP contribution >= 0.6 is 11.6 Å². The Balaban J connectivity index is 2.53. The van der Waals surface area contributed by atoms with Gasteiger partial charge in [-0.2, -0.15) is 0 Å². The average molecular weight is 305 g/mol. The Bertz CT molecular complexity index is 491. The van der Waals surface area contributed by atoms with Crippen molar-refractivity contribution >= 4 is 21.6 Å². The molecule has 0 radical (unpaired) electrons. The second-order valence-corrected chi connectivity index (χ2v) is 7.06. The Hall–Kier alpha value is -0.620. The predicted octanol–water partition coefficient (Wildman–Crippen LogP) is 2.15. The van der Waals surface area contributed by atoms with Crippen LogP contribution < -0.4 is 10.0 Å². The predicted molar refractivity (Wildman–Crippen MR) is 79.8 cm³/mol. The zero-order valence-electron chi connectivity index (χ0n) is 11.3. The van der Waals surface area contributed by atoms with Crippen LogP contribution in [0.5, 0.6) is 0 Å². The molecule has 0 heterocycles. The SMILES string of the molecule is CCCNCC(C)S(=O)(=O)NCc1ccccc1Cl. The summed E-state index contributed by atoms with van der Waals surface area (Å²) in [6.07, 6.45) is 0.986. The Labute approximate surface area is 120 Å². The van der Waals surface area contributed by atoms with E-state index in [0.717, 1.165) is 18.5 Å². The molecule has 0 aliphatic carbocycles. The highest BCUT2D eigenvalue weighted by Crippen LogP contribution is 2.14. The molecule has 0 fully saturated rings. The molecule has 4 nitrogen and oxygen atoms in total. The van der Waals surface area contributed by atoms with Crippen LogP contribution in [-0.2, 0) is 16.6 Å². The maximum absolute atomic E-state index is 12.0. The van der Waals surface area contributed by atoms with Gasteiger partial charge < -0.3 is 5.32 Å². The van der Waals surface area contributed by atoms with Gasteiger partial charge in [-0.25, -0.2) is 13.1 Å². The zero-order valence-corrected chi connectivity index (χ0v) is 12.9. The summed E-state index contributed by atoms with van der Waals surface area (Å²) in [5, 5.41) is 3.21. The molecule has 0 bridgehead atoms. The number of hydrogen-bond donors (Lipinski definition) is 2. The lowest BCUT2D eigenvalue weighted by atomic mass is 10.2. The van der Waals surface area contributed by atoms with Crippen molar-refractivity contribution in [3.8, 4) is 0 Å². The van der Waals surface area contributed by atoms with Gasteiger partial charge in [-0.15, -0.1) is 0 Å². The largest absolute Gasteiger partial charge is 0.315 e. The molecule has 1 atom stereocenters. The number of halogens is 1. The normalized spacial score (nSPS) is 13.4. The molecule has 0 saturated heterocycles. The summed E-state index contributed by atoms with van der Waals surface area (Å²) < 4.78 is 26.6. The van der Waals surface area contributed by atoms with Crippen molar-refractivity contribution < 1.29 is 8.42 Å². The van der Waals surface area contributed by atoms with Gasteiger partial charge in [0.2, 0.25) is 10.0 Å². The summed E-state index contributed by atoms with van der Waals surface area (Å²) in [5.74, 6) is 0. The van der Waals surface area contributed by atoms with Crippen LogP contribution in [0, 0.1) is 0 Å². The van der Waals surface area contributed by atoms with Crippen LogP contribution in [0.3, 0.4) is 0 Å². The van der Waals surface area contributed by atoms with E-state index in [4.69, 9.17) is 11.6 Å². The third-order valence-electron chi connectivity index (χ3n) is 2.81. The van der Waals surface area contributed by atoms with Crippen LogP contribution in [0.2, 0.25) is 5.02 Å². The lowest BCUT2D eigenvalue weighted by Gasteiger charge is -2.15. The first-order valence-corrected chi connectivity index (χ1v) is 8.32. The standard InChI is InChI=1S/C13H21ClN2O2S/c1-3-8-15-9-11(2)19(17,18)16-10-12-6-4-5-7-13(12)14/h4-7,11,15-16H,3,8-10H2,1-2H3. The molecule has 2 N–H and O–H groups in total. The first-order chi connectivity index (χ1) is 8.97. The highest BCUT2D eigenvalue weighted by atomic mass is 35.5. The summed E-state index contributed by atoms with van der Waals surface area (Å²) in [6.45, 7) is 5.23. The zero-order chi connectivity index (χ0) is 14.3. The molecule has 0 aliphatic rings. The maximum atomic E-state index is 12.0. The van der Waals surface area contributed by atoms with Crippen LogP contribution in [-0.4, -0.2) is 26.8 Å². The number of sulfonamides is 1. The Morgan fingerprint density at radius 1 is 1.32 bits per heavy atom. The summed E-state index contributed by atoms with van der Waals surface area (Å²) >= 11 is 5.99. The van der Waals surface area contributed by atoms with E-state index < -0.39 is 15.3 Å². The second kappa shape index (κ2) is 7.85. The van der Waals surface area contributed by atoms with Crippen LogP contribution in [0.15, 0.2) is 24.3 Å². The van der Waals surface area contributed by atoms with E-state index in [1.54, 1.807) is 13.0 Å². The first-order valence-electron chi connectivity index (χ1n) is 6.40. The highest BCUT2D eigenvalue weighted by Gasteiger charge is 2.19. The van der Waals surface area contributed by atoms with Crippen molar-refractivity contribution in [1.29, 1.82) is 0 Å². The molecule has 108 valence electrons. The van der Waals surface area contributed by atoms with Gasteiger partial charge in [0.05, 0.1) is 5.25 Å². The minimum Gasteiger partial charge on any atom is -0.315 e. The molecule has 1 unspecified atom stereocenters. The van der Waals surface area contributed by atoms with Gasteiger partial charge in [-0.1, -0.05) is 36.7 Å². The molecule has 1 aromatic rings. The third kappa shape index (κ3) is 5.48. The maximum Gasteiger partial charge on any atom is 0.215 e. The molecular formula is C13H21ClN2O2S. The number of hydrogen-bond acceptors (Lipinski definition) is 3. The monoisotopic (exact) mass is 304 g/mol.